The average molecular weight is 504 g/mol. The van der Waals surface area contributed by atoms with E-state index in [2.05, 4.69) is 10.3 Å². The third-order valence-electron chi connectivity index (χ3n) is 4.31. The van der Waals surface area contributed by atoms with E-state index in [1.54, 1.807) is 12.1 Å². The topological polar surface area (TPSA) is 79.4 Å². The zero-order valence-corrected chi connectivity index (χ0v) is 18.9. The minimum atomic E-state index is -4.53. The number of carbonyl (C=O) groups excluding carboxylic acids is 1. The molecular weight excluding hydrogens is 487 g/mol. The predicted octanol–water partition coefficient (Wildman–Crippen LogP) is 4.71. The quantitative estimate of drug-likeness (QED) is 0.506. The highest BCUT2D eigenvalue weighted by Crippen LogP contribution is 2.28. The van der Waals surface area contributed by atoms with E-state index in [9.17, 15) is 26.4 Å². The molecule has 1 N–H and O–H groups in total. The normalized spacial score (nSPS) is 11.9. The number of pyridine rings is 1. The largest absolute Gasteiger partial charge is 0.433 e. The SMILES string of the molecule is CS(=O)(=O)N(Cc1ccc(Cl)s1)c1ccc(C(=O)NCc2ccc(C(F)(F)F)nc2)cc1. The number of nitrogens with zero attached hydrogens (tertiary/aromatic N) is 2. The van der Waals surface area contributed by atoms with Crippen molar-refractivity contribution in [3.8, 4) is 0 Å². The first kappa shape index (κ1) is 24.0. The number of rotatable bonds is 7. The molecule has 0 saturated carbocycles. The second-order valence-electron chi connectivity index (χ2n) is 6.75. The van der Waals surface area contributed by atoms with Gasteiger partial charge in [-0.25, -0.2) is 8.42 Å². The Balaban J connectivity index is 1.67. The van der Waals surface area contributed by atoms with Crippen molar-refractivity contribution in [1.29, 1.82) is 0 Å². The van der Waals surface area contributed by atoms with E-state index < -0.39 is 27.8 Å². The third-order valence-corrected chi connectivity index (χ3v) is 6.67. The Hall–Kier alpha value is -2.63. The zero-order chi connectivity index (χ0) is 23.5. The van der Waals surface area contributed by atoms with Crippen LogP contribution in [0.1, 0.15) is 26.5 Å². The summed E-state index contributed by atoms with van der Waals surface area (Å²) in [6, 6.07) is 11.4. The number of thiophene rings is 1. The number of hydrogen-bond acceptors (Lipinski definition) is 5. The summed E-state index contributed by atoms with van der Waals surface area (Å²) in [7, 11) is -3.59. The molecule has 1 aromatic carbocycles. The lowest BCUT2D eigenvalue weighted by atomic mass is 10.2. The van der Waals surface area contributed by atoms with Crippen LogP contribution in [0.25, 0.3) is 0 Å². The molecular formula is C20H17ClF3N3O3S2. The van der Waals surface area contributed by atoms with Gasteiger partial charge in [0.1, 0.15) is 5.69 Å². The number of sulfonamides is 1. The van der Waals surface area contributed by atoms with Crippen LogP contribution in [-0.4, -0.2) is 25.6 Å². The van der Waals surface area contributed by atoms with Crippen molar-refractivity contribution in [2.45, 2.75) is 19.3 Å². The van der Waals surface area contributed by atoms with Gasteiger partial charge in [0.15, 0.2) is 0 Å². The molecule has 170 valence electrons. The molecule has 0 saturated heterocycles. The number of carbonyl (C=O) groups is 1. The highest BCUT2D eigenvalue weighted by Gasteiger charge is 2.32. The number of benzene rings is 1. The van der Waals surface area contributed by atoms with Crippen LogP contribution in [0.15, 0.2) is 54.7 Å². The van der Waals surface area contributed by atoms with Crippen molar-refractivity contribution >= 4 is 44.6 Å². The number of alkyl halides is 3. The summed E-state index contributed by atoms with van der Waals surface area (Å²) in [5.41, 5.74) is 0.0333. The van der Waals surface area contributed by atoms with Crippen LogP contribution in [0.4, 0.5) is 18.9 Å². The molecule has 1 amide bonds. The Labute approximate surface area is 191 Å². The van der Waals surface area contributed by atoms with Crippen LogP contribution < -0.4 is 9.62 Å². The van der Waals surface area contributed by atoms with Crippen LogP contribution in [0, 0.1) is 0 Å². The summed E-state index contributed by atoms with van der Waals surface area (Å²) in [4.78, 5) is 16.5. The van der Waals surface area contributed by atoms with Crippen molar-refractivity contribution < 1.29 is 26.4 Å². The van der Waals surface area contributed by atoms with Gasteiger partial charge in [-0.1, -0.05) is 17.7 Å². The first-order valence-corrected chi connectivity index (χ1v) is 12.1. The van der Waals surface area contributed by atoms with Gasteiger partial charge in [0.05, 0.1) is 22.8 Å². The minimum Gasteiger partial charge on any atom is -0.348 e. The molecule has 0 aliphatic carbocycles. The molecule has 0 fully saturated rings. The second kappa shape index (κ2) is 9.47. The maximum absolute atomic E-state index is 12.6. The Morgan fingerprint density at radius 1 is 1.12 bits per heavy atom. The van der Waals surface area contributed by atoms with Crippen LogP contribution >= 0.6 is 22.9 Å². The summed E-state index contributed by atoms with van der Waals surface area (Å²) < 4.78 is 63.9. The van der Waals surface area contributed by atoms with E-state index in [-0.39, 0.29) is 18.7 Å². The lowest BCUT2D eigenvalue weighted by molar-refractivity contribution is -0.141. The lowest BCUT2D eigenvalue weighted by Gasteiger charge is -2.22. The fourth-order valence-corrected chi connectivity index (χ4v) is 4.78. The van der Waals surface area contributed by atoms with Crippen molar-refractivity contribution in [3.05, 3.63) is 80.8 Å². The monoisotopic (exact) mass is 503 g/mol. The summed E-state index contributed by atoms with van der Waals surface area (Å²) in [5.74, 6) is -0.465. The number of hydrogen-bond donors (Lipinski definition) is 1. The molecule has 32 heavy (non-hydrogen) atoms. The molecule has 0 aliphatic heterocycles. The number of aromatic nitrogens is 1. The molecule has 2 aromatic heterocycles. The van der Waals surface area contributed by atoms with Crippen molar-refractivity contribution in [2.75, 3.05) is 10.6 Å². The minimum absolute atomic E-state index is 0.0136. The van der Waals surface area contributed by atoms with E-state index in [1.165, 1.54) is 46.0 Å². The fourth-order valence-electron chi connectivity index (χ4n) is 2.74. The highest BCUT2D eigenvalue weighted by atomic mass is 35.5. The first-order valence-electron chi connectivity index (χ1n) is 9.06. The molecule has 2 heterocycles. The van der Waals surface area contributed by atoms with Gasteiger partial charge in [-0.3, -0.25) is 14.1 Å². The van der Waals surface area contributed by atoms with Crippen LogP contribution in [-0.2, 0) is 29.3 Å². The highest BCUT2D eigenvalue weighted by molar-refractivity contribution is 7.92. The van der Waals surface area contributed by atoms with Gasteiger partial charge in [-0.05, 0) is 48.0 Å². The number of nitrogens with one attached hydrogen (secondary N) is 1. The molecule has 3 aromatic rings. The van der Waals surface area contributed by atoms with Gasteiger partial charge in [-0.15, -0.1) is 11.3 Å². The lowest BCUT2D eigenvalue weighted by Crippen LogP contribution is -2.29. The van der Waals surface area contributed by atoms with Gasteiger partial charge < -0.3 is 5.32 Å². The van der Waals surface area contributed by atoms with Crippen LogP contribution in [0.5, 0.6) is 0 Å². The van der Waals surface area contributed by atoms with Gasteiger partial charge >= 0.3 is 6.18 Å². The van der Waals surface area contributed by atoms with Crippen LogP contribution in [0.3, 0.4) is 0 Å². The van der Waals surface area contributed by atoms with E-state index in [0.717, 1.165) is 23.4 Å². The fraction of sp³-hybridized carbons (Fsp3) is 0.200. The van der Waals surface area contributed by atoms with Crippen LogP contribution in [0.2, 0.25) is 4.34 Å². The van der Waals surface area contributed by atoms with Gasteiger partial charge in [-0.2, -0.15) is 13.2 Å². The molecule has 12 heteroatoms. The Morgan fingerprint density at radius 3 is 2.31 bits per heavy atom. The maximum atomic E-state index is 12.6. The van der Waals surface area contributed by atoms with Crippen molar-refractivity contribution in [1.82, 2.24) is 10.3 Å². The van der Waals surface area contributed by atoms with E-state index >= 15 is 0 Å². The zero-order valence-electron chi connectivity index (χ0n) is 16.6. The number of anilines is 1. The first-order chi connectivity index (χ1) is 14.9. The van der Waals surface area contributed by atoms with Crippen molar-refractivity contribution in [2.24, 2.45) is 0 Å². The molecule has 0 aliphatic rings. The maximum Gasteiger partial charge on any atom is 0.433 e. The number of halogens is 4. The molecule has 0 bridgehead atoms. The second-order valence-corrected chi connectivity index (χ2v) is 10.5. The number of amides is 1. The molecule has 0 atom stereocenters. The Morgan fingerprint density at radius 2 is 1.81 bits per heavy atom. The van der Waals surface area contributed by atoms with E-state index in [0.29, 0.717) is 15.6 Å². The molecule has 6 nitrogen and oxygen atoms in total. The summed E-state index contributed by atoms with van der Waals surface area (Å²) in [5, 5.41) is 2.59. The smallest absolute Gasteiger partial charge is 0.348 e. The molecule has 3 rings (SSSR count). The third kappa shape index (κ3) is 6.21. The average Bonchev–Trinajstić information content (AvgIpc) is 3.14. The summed E-state index contributed by atoms with van der Waals surface area (Å²) in [6.45, 7) is 0.0863. The molecule has 0 unspecified atom stereocenters. The predicted molar refractivity (Wildman–Crippen MR) is 117 cm³/mol. The summed E-state index contributed by atoms with van der Waals surface area (Å²) >= 11 is 7.18. The molecule has 0 radical (unpaired) electrons. The van der Waals surface area contributed by atoms with Gasteiger partial charge in [0, 0.05) is 23.2 Å². The Kier molecular flexibility index (Phi) is 7.11. The Bertz CT molecular complexity index is 1200. The van der Waals surface area contributed by atoms with E-state index in [1.807, 2.05) is 0 Å². The standard InChI is InChI=1S/C20H17ClF3N3O3S2/c1-32(29,30)27(12-16-7-9-18(21)31-16)15-5-3-14(4-6-15)19(28)26-11-13-2-8-17(25-10-13)20(22,23)24/h2-10H,11-12H2,1H3,(H,26,28). The van der Waals surface area contributed by atoms with Gasteiger partial charge in [0.2, 0.25) is 10.0 Å². The van der Waals surface area contributed by atoms with E-state index in [4.69, 9.17) is 11.6 Å². The van der Waals surface area contributed by atoms with Gasteiger partial charge in [0.25, 0.3) is 5.91 Å². The molecule has 0 spiro atoms. The van der Waals surface area contributed by atoms with Crippen molar-refractivity contribution in [3.63, 3.8) is 0 Å². The summed E-state index contributed by atoms with van der Waals surface area (Å²) in [6.07, 6.45) is -2.40.